The molecule has 9 heteroatoms. The van der Waals surface area contributed by atoms with E-state index in [2.05, 4.69) is 47.8 Å². The average Bonchev–Trinajstić information content (AvgIpc) is 3.34. The van der Waals surface area contributed by atoms with Gasteiger partial charge in [0.1, 0.15) is 6.07 Å². The largest absolute Gasteiger partial charge is 0.381 e. The van der Waals surface area contributed by atoms with Gasteiger partial charge in [0.2, 0.25) is 5.82 Å². The van der Waals surface area contributed by atoms with E-state index in [-0.39, 0.29) is 22.5 Å². The zero-order chi connectivity index (χ0) is 26.2. The average molecular weight is 504 g/mol. The first-order chi connectivity index (χ1) is 17.7. The van der Waals surface area contributed by atoms with Gasteiger partial charge in [0, 0.05) is 45.6 Å². The van der Waals surface area contributed by atoms with Crippen LogP contribution in [0, 0.1) is 16.7 Å². The molecule has 0 bridgehead atoms. The Labute approximate surface area is 218 Å². The fourth-order valence-electron chi connectivity index (χ4n) is 5.90. The number of likely N-dealkylation sites (N-methyl/N-ethyl adjacent to an activating group) is 1. The number of aromatic nitrogens is 3. The lowest BCUT2D eigenvalue weighted by molar-refractivity contribution is -0.0506. The summed E-state index contributed by atoms with van der Waals surface area (Å²) < 4.78 is 7.45. The summed E-state index contributed by atoms with van der Waals surface area (Å²) in [7, 11) is 2.17. The van der Waals surface area contributed by atoms with Crippen LogP contribution in [0.15, 0.2) is 24.4 Å². The number of primary amides is 1. The van der Waals surface area contributed by atoms with Gasteiger partial charge in [-0.15, -0.1) is 0 Å². The number of hydrogen-bond acceptors (Lipinski definition) is 7. The number of amides is 1. The summed E-state index contributed by atoms with van der Waals surface area (Å²) in [5.41, 5.74) is 9.66. The van der Waals surface area contributed by atoms with Gasteiger partial charge in [-0.3, -0.25) is 14.3 Å². The fraction of sp³-hybridized carbons (Fsp3) is 0.571. The first-order valence-electron chi connectivity index (χ1n) is 13.2. The first kappa shape index (κ1) is 25.6. The Morgan fingerprint density at radius 1 is 1.11 bits per heavy atom. The highest BCUT2D eigenvalue weighted by atomic mass is 16.5. The molecule has 196 valence electrons. The summed E-state index contributed by atoms with van der Waals surface area (Å²) in [5.74, 6) is -0.627. The second-order valence-electron chi connectivity index (χ2n) is 11.4. The zero-order valence-electron chi connectivity index (χ0n) is 22.2. The fourth-order valence-corrected chi connectivity index (χ4v) is 5.90. The third kappa shape index (κ3) is 4.93. The van der Waals surface area contributed by atoms with Gasteiger partial charge in [0.15, 0.2) is 5.69 Å². The summed E-state index contributed by atoms with van der Waals surface area (Å²) in [4.78, 5) is 26.8. The molecule has 1 aliphatic carbocycles. The molecule has 9 nitrogen and oxygen atoms in total. The van der Waals surface area contributed by atoms with Gasteiger partial charge in [-0.05, 0) is 62.3 Å². The summed E-state index contributed by atoms with van der Waals surface area (Å²) in [5, 5.41) is 9.47. The van der Waals surface area contributed by atoms with Crippen LogP contribution in [0.2, 0.25) is 0 Å². The Kier molecular flexibility index (Phi) is 6.92. The zero-order valence-corrected chi connectivity index (χ0v) is 22.2. The van der Waals surface area contributed by atoms with E-state index in [1.165, 1.54) is 5.57 Å². The number of nitriles is 1. The molecule has 0 spiro atoms. The highest BCUT2D eigenvalue weighted by Crippen LogP contribution is 2.42. The minimum absolute atomic E-state index is 0.0453. The maximum absolute atomic E-state index is 12.3. The van der Waals surface area contributed by atoms with Crippen LogP contribution in [-0.2, 0) is 10.3 Å². The number of pyridine rings is 1. The molecule has 0 saturated carbocycles. The van der Waals surface area contributed by atoms with Crippen LogP contribution in [0.5, 0.6) is 0 Å². The van der Waals surface area contributed by atoms with E-state index < -0.39 is 5.91 Å². The van der Waals surface area contributed by atoms with Crippen molar-refractivity contribution in [2.24, 2.45) is 11.1 Å². The lowest BCUT2D eigenvalue weighted by atomic mass is 9.77. The Morgan fingerprint density at radius 3 is 2.46 bits per heavy atom. The lowest BCUT2D eigenvalue weighted by Gasteiger charge is -2.49. The Hall–Kier alpha value is -3.06. The monoisotopic (exact) mass is 503 g/mol. The summed E-state index contributed by atoms with van der Waals surface area (Å²) in [6.45, 7) is 10.0. The number of carbonyl (C=O) groups excluding carboxylic acids is 1. The first-order valence-corrected chi connectivity index (χ1v) is 13.2. The van der Waals surface area contributed by atoms with Crippen LogP contribution >= 0.6 is 0 Å². The van der Waals surface area contributed by atoms with Crippen LogP contribution in [0.3, 0.4) is 0 Å². The Bertz CT molecular complexity index is 1240. The molecule has 2 aliphatic heterocycles. The van der Waals surface area contributed by atoms with Crippen molar-refractivity contribution >= 4 is 11.5 Å². The molecule has 0 aromatic carbocycles. The van der Waals surface area contributed by atoms with Gasteiger partial charge < -0.3 is 15.4 Å². The van der Waals surface area contributed by atoms with E-state index in [0.717, 1.165) is 75.4 Å². The lowest BCUT2D eigenvalue weighted by Crippen LogP contribution is -2.57. The van der Waals surface area contributed by atoms with E-state index in [1.54, 1.807) is 10.8 Å². The molecule has 0 atom stereocenters. The minimum atomic E-state index is -0.673. The van der Waals surface area contributed by atoms with Gasteiger partial charge >= 0.3 is 0 Å². The van der Waals surface area contributed by atoms with E-state index in [4.69, 9.17) is 15.5 Å². The van der Waals surface area contributed by atoms with Gasteiger partial charge in [0.25, 0.3) is 5.91 Å². The van der Waals surface area contributed by atoms with Crippen molar-refractivity contribution in [2.75, 3.05) is 46.4 Å². The number of nitrogens with two attached hydrogens (primary N) is 1. The van der Waals surface area contributed by atoms with Gasteiger partial charge in [-0.25, -0.2) is 9.97 Å². The number of nitrogens with zero attached hydrogens (tertiary/aromatic N) is 6. The van der Waals surface area contributed by atoms with Crippen molar-refractivity contribution in [3.63, 3.8) is 0 Å². The number of carbonyl (C=O) groups is 1. The molecule has 2 fully saturated rings. The Balaban J connectivity index is 1.66. The molecule has 37 heavy (non-hydrogen) atoms. The van der Waals surface area contributed by atoms with Gasteiger partial charge in [-0.2, -0.15) is 5.26 Å². The minimum Gasteiger partial charge on any atom is -0.381 e. The molecule has 5 rings (SSSR count). The van der Waals surface area contributed by atoms with Crippen molar-refractivity contribution in [1.82, 2.24) is 24.3 Å². The number of ether oxygens (including phenoxy) is 1. The van der Waals surface area contributed by atoms with Crippen LogP contribution in [0.4, 0.5) is 0 Å². The number of hydrogen-bond donors (Lipinski definition) is 1. The Morgan fingerprint density at radius 2 is 1.84 bits per heavy atom. The second-order valence-corrected chi connectivity index (χ2v) is 11.4. The molecule has 0 unspecified atom stereocenters. The van der Waals surface area contributed by atoms with Crippen LogP contribution < -0.4 is 5.73 Å². The highest BCUT2D eigenvalue weighted by molar-refractivity contribution is 5.90. The van der Waals surface area contributed by atoms with Gasteiger partial charge in [-0.1, -0.05) is 19.9 Å². The molecular weight excluding hydrogens is 466 g/mol. The predicted octanol–water partition coefficient (Wildman–Crippen LogP) is 3.08. The molecule has 2 aromatic rings. The SMILES string of the molecule is CN1CCN(C2(c3ccc(-n4cc(C#N)nc4C(N)=O)c(C4=CCC(C)(C)CC4)n3)CCOCC2)CC1. The molecular formula is C28H37N7O2. The quantitative estimate of drug-likeness (QED) is 0.667. The van der Waals surface area contributed by atoms with Gasteiger partial charge in [0.05, 0.1) is 22.6 Å². The van der Waals surface area contributed by atoms with E-state index in [1.807, 2.05) is 12.1 Å². The number of piperazine rings is 1. The highest BCUT2D eigenvalue weighted by Gasteiger charge is 2.43. The smallest absolute Gasteiger partial charge is 0.285 e. The van der Waals surface area contributed by atoms with E-state index in [0.29, 0.717) is 13.2 Å². The second kappa shape index (κ2) is 10.0. The summed E-state index contributed by atoms with van der Waals surface area (Å²) in [6, 6.07) is 6.16. The maximum Gasteiger partial charge on any atom is 0.285 e. The molecule has 1 amide bonds. The molecule has 0 radical (unpaired) electrons. The maximum atomic E-state index is 12.3. The van der Waals surface area contributed by atoms with Crippen molar-refractivity contribution in [3.8, 4) is 11.8 Å². The number of rotatable bonds is 5. The molecule has 4 heterocycles. The van der Waals surface area contributed by atoms with Crippen molar-refractivity contribution < 1.29 is 9.53 Å². The molecule has 3 aliphatic rings. The van der Waals surface area contributed by atoms with Crippen molar-refractivity contribution in [2.45, 2.75) is 51.5 Å². The van der Waals surface area contributed by atoms with E-state index in [9.17, 15) is 10.1 Å². The van der Waals surface area contributed by atoms with Crippen molar-refractivity contribution in [1.29, 1.82) is 5.26 Å². The molecule has 2 N–H and O–H groups in total. The molecule has 2 aromatic heterocycles. The predicted molar refractivity (Wildman–Crippen MR) is 141 cm³/mol. The summed E-state index contributed by atoms with van der Waals surface area (Å²) >= 11 is 0. The molecule has 2 saturated heterocycles. The van der Waals surface area contributed by atoms with Crippen LogP contribution in [0.25, 0.3) is 11.3 Å². The number of allylic oxidation sites excluding steroid dienone is 2. The van der Waals surface area contributed by atoms with E-state index >= 15 is 0 Å². The summed E-state index contributed by atoms with van der Waals surface area (Å²) in [6.07, 6.45) is 8.57. The van der Waals surface area contributed by atoms with Crippen LogP contribution in [0.1, 0.15) is 73.7 Å². The standard InChI is InChI=1S/C28H37N7O2/c1-27(2)8-6-20(7-9-27)24-22(35-19-21(18-29)31-26(35)25(30)36)4-5-23(32-24)28(10-16-37-17-11-28)34-14-12-33(3)13-15-34/h4-6,19H,7-17H2,1-3H3,(H2,30,36). The normalized spacial score (nSPS) is 22.3. The van der Waals surface area contributed by atoms with Crippen LogP contribution in [-0.4, -0.2) is 76.7 Å². The third-order valence-corrected chi connectivity index (χ3v) is 8.36. The third-order valence-electron chi connectivity index (χ3n) is 8.36. The topological polar surface area (TPSA) is 113 Å². The van der Waals surface area contributed by atoms with Crippen molar-refractivity contribution in [3.05, 3.63) is 47.3 Å². The number of imidazole rings is 1.